The summed E-state index contributed by atoms with van der Waals surface area (Å²) in [5.74, 6) is 0. The van der Waals surface area contributed by atoms with Gasteiger partial charge in [0, 0.05) is 26.2 Å². The molecule has 0 aliphatic carbocycles. The summed E-state index contributed by atoms with van der Waals surface area (Å²) in [4.78, 5) is 1.72. The van der Waals surface area contributed by atoms with Crippen LogP contribution in [0.1, 0.15) is 5.56 Å². The van der Waals surface area contributed by atoms with Crippen molar-refractivity contribution >= 4 is 5.69 Å². The van der Waals surface area contributed by atoms with Crippen LogP contribution in [0.3, 0.4) is 0 Å². The Bertz CT molecular complexity index is 349. The van der Waals surface area contributed by atoms with Gasteiger partial charge in [-0.25, -0.2) is 0 Å². The third kappa shape index (κ3) is 3.13. The fourth-order valence-electron chi connectivity index (χ4n) is 1.44. The number of para-hydroxylation sites is 1. The number of hydrogen-bond donors (Lipinski definition) is 1. The van der Waals surface area contributed by atoms with Gasteiger partial charge >= 0.3 is 6.18 Å². The molecular formula is C11H14F3NO. The van der Waals surface area contributed by atoms with Gasteiger partial charge in [0.05, 0.1) is 0 Å². The number of alkyl halides is 3. The lowest BCUT2D eigenvalue weighted by Crippen LogP contribution is -2.31. The Kier molecular flexibility index (Phi) is 3.80. The predicted octanol–water partition coefficient (Wildman–Crippen LogP) is 2.22. The van der Waals surface area contributed by atoms with Gasteiger partial charge in [0.15, 0.2) is 6.10 Å². The predicted molar refractivity (Wildman–Crippen MR) is 56.5 cm³/mol. The van der Waals surface area contributed by atoms with Gasteiger partial charge in [-0.05, 0) is 11.6 Å². The van der Waals surface area contributed by atoms with E-state index >= 15 is 0 Å². The number of halogens is 3. The van der Waals surface area contributed by atoms with Crippen molar-refractivity contribution in [3.05, 3.63) is 29.8 Å². The highest BCUT2D eigenvalue weighted by atomic mass is 19.4. The summed E-state index contributed by atoms with van der Waals surface area (Å²) in [5.41, 5.74) is 1.17. The molecule has 1 atom stereocenters. The Labute approximate surface area is 92.3 Å². The van der Waals surface area contributed by atoms with E-state index in [9.17, 15) is 13.2 Å². The van der Waals surface area contributed by atoms with Crippen molar-refractivity contribution in [2.45, 2.75) is 18.7 Å². The van der Waals surface area contributed by atoms with Gasteiger partial charge in [0.25, 0.3) is 0 Å². The van der Waals surface area contributed by atoms with Gasteiger partial charge < -0.3 is 10.0 Å². The Morgan fingerprint density at radius 1 is 1.25 bits per heavy atom. The van der Waals surface area contributed by atoms with Crippen LogP contribution in [-0.4, -0.2) is 31.5 Å². The zero-order valence-corrected chi connectivity index (χ0v) is 9.12. The maximum atomic E-state index is 12.2. The smallest absolute Gasteiger partial charge is 0.383 e. The van der Waals surface area contributed by atoms with Crippen LogP contribution in [0.4, 0.5) is 18.9 Å². The lowest BCUT2D eigenvalue weighted by Gasteiger charge is -2.20. The maximum Gasteiger partial charge on any atom is 0.414 e. The quantitative estimate of drug-likeness (QED) is 0.865. The molecule has 1 aromatic carbocycles. The fourth-order valence-corrected chi connectivity index (χ4v) is 1.44. The second kappa shape index (κ2) is 4.74. The van der Waals surface area contributed by atoms with E-state index < -0.39 is 18.7 Å². The molecule has 90 valence electrons. The summed E-state index contributed by atoms with van der Waals surface area (Å²) in [6.07, 6.45) is -7.30. The molecular weight excluding hydrogens is 219 g/mol. The number of hydrogen-bond acceptors (Lipinski definition) is 2. The van der Waals surface area contributed by atoms with Crippen molar-refractivity contribution in [2.75, 3.05) is 19.0 Å². The van der Waals surface area contributed by atoms with Crippen LogP contribution in [0.2, 0.25) is 0 Å². The van der Waals surface area contributed by atoms with Gasteiger partial charge in [-0.1, -0.05) is 18.2 Å². The van der Waals surface area contributed by atoms with Crippen molar-refractivity contribution in [3.8, 4) is 0 Å². The summed E-state index contributed by atoms with van der Waals surface area (Å²) in [6, 6.07) is 6.72. The van der Waals surface area contributed by atoms with E-state index in [4.69, 9.17) is 5.11 Å². The zero-order chi connectivity index (χ0) is 12.3. The summed E-state index contributed by atoms with van der Waals surface area (Å²) >= 11 is 0. The molecule has 0 amide bonds. The average molecular weight is 233 g/mol. The molecule has 1 aromatic rings. The Hall–Kier alpha value is -1.23. The van der Waals surface area contributed by atoms with Crippen molar-refractivity contribution in [2.24, 2.45) is 0 Å². The lowest BCUT2D eigenvalue weighted by molar-refractivity contribution is -0.203. The molecule has 0 aliphatic rings. The maximum absolute atomic E-state index is 12.2. The molecule has 0 saturated heterocycles. The van der Waals surface area contributed by atoms with E-state index in [0.29, 0.717) is 11.3 Å². The molecule has 5 heteroatoms. The third-order valence-corrected chi connectivity index (χ3v) is 2.26. The second-order valence-corrected chi connectivity index (χ2v) is 3.78. The normalized spacial score (nSPS) is 13.6. The molecule has 0 spiro atoms. The van der Waals surface area contributed by atoms with Crippen LogP contribution in [0.25, 0.3) is 0 Å². The first-order chi connectivity index (χ1) is 7.32. The van der Waals surface area contributed by atoms with Gasteiger partial charge in [-0.15, -0.1) is 0 Å². The standard InChI is InChI=1S/C11H14F3NO/c1-15(2)9-6-4-3-5-8(9)7-10(16)11(12,13)14/h3-6,10,16H,7H2,1-2H3. The van der Waals surface area contributed by atoms with Crippen molar-refractivity contribution in [1.29, 1.82) is 0 Å². The summed E-state index contributed by atoms with van der Waals surface area (Å²) in [6.45, 7) is 0. The van der Waals surface area contributed by atoms with Crippen LogP contribution >= 0.6 is 0 Å². The minimum atomic E-state index is -4.57. The largest absolute Gasteiger partial charge is 0.414 e. The summed E-state index contributed by atoms with van der Waals surface area (Å²) in [5, 5.41) is 9.00. The number of anilines is 1. The van der Waals surface area contributed by atoms with Crippen molar-refractivity contribution in [1.82, 2.24) is 0 Å². The molecule has 0 saturated carbocycles. The second-order valence-electron chi connectivity index (χ2n) is 3.78. The van der Waals surface area contributed by atoms with Crippen LogP contribution in [0.5, 0.6) is 0 Å². The molecule has 0 aliphatic heterocycles. The minimum Gasteiger partial charge on any atom is -0.383 e. The molecule has 0 radical (unpaired) electrons. The molecule has 2 nitrogen and oxygen atoms in total. The Morgan fingerprint density at radius 3 is 2.31 bits per heavy atom. The Balaban J connectivity index is 2.89. The highest BCUT2D eigenvalue weighted by molar-refractivity contribution is 5.52. The van der Waals surface area contributed by atoms with Crippen LogP contribution < -0.4 is 4.90 Å². The van der Waals surface area contributed by atoms with Gasteiger partial charge in [0.2, 0.25) is 0 Å². The molecule has 1 unspecified atom stereocenters. The highest BCUT2D eigenvalue weighted by Gasteiger charge is 2.38. The molecule has 0 fully saturated rings. The van der Waals surface area contributed by atoms with E-state index in [-0.39, 0.29) is 0 Å². The SMILES string of the molecule is CN(C)c1ccccc1CC(O)C(F)(F)F. The molecule has 1 rings (SSSR count). The third-order valence-electron chi connectivity index (χ3n) is 2.26. The number of rotatable bonds is 3. The number of aliphatic hydroxyl groups is 1. The number of nitrogens with zero attached hydrogens (tertiary/aromatic N) is 1. The molecule has 0 bridgehead atoms. The molecule has 0 aromatic heterocycles. The van der Waals surface area contributed by atoms with Gasteiger partial charge in [0.1, 0.15) is 0 Å². The van der Waals surface area contributed by atoms with E-state index in [0.717, 1.165) is 0 Å². The van der Waals surface area contributed by atoms with Crippen molar-refractivity contribution in [3.63, 3.8) is 0 Å². The molecule has 1 N–H and O–H groups in total. The van der Waals surface area contributed by atoms with E-state index in [1.165, 1.54) is 0 Å². The Morgan fingerprint density at radius 2 is 1.81 bits per heavy atom. The molecule has 16 heavy (non-hydrogen) atoms. The highest BCUT2D eigenvalue weighted by Crippen LogP contribution is 2.26. The van der Waals surface area contributed by atoms with E-state index in [1.807, 2.05) is 0 Å². The summed E-state index contributed by atoms with van der Waals surface area (Å²) in [7, 11) is 3.50. The molecule has 0 heterocycles. The van der Waals surface area contributed by atoms with Crippen LogP contribution in [-0.2, 0) is 6.42 Å². The van der Waals surface area contributed by atoms with Gasteiger partial charge in [-0.2, -0.15) is 13.2 Å². The first-order valence-corrected chi connectivity index (χ1v) is 4.82. The number of benzene rings is 1. The van der Waals surface area contributed by atoms with E-state index in [2.05, 4.69) is 0 Å². The van der Waals surface area contributed by atoms with Crippen LogP contribution in [0, 0.1) is 0 Å². The van der Waals surface area contributed by atoms with Crippen molar-refractivity contribution < 1.29 is 18.3 Å². The van der Waals surface area contributed by atoms with Gasteiger partial charge in [-0.3, -0.25) is 0 Å². The zero-order valence-electron chi connectivity index (χ0n) is 9.12. The van der Waals surface area contributed by atoms with E-state index in [1.54, 1.807) is 43.3 Å². The minimum absolute atomic E-state index is 0.419. The average Bonchev–Trinajstić information content (AvgIpc) is 2.16. The first-order valence-electron chi connectivity index (χ1n) is 4.82. The monoisotopic (exact) mass is 233 g/mol. The first kappa shape index (κ1) is 12.8. The summed E-state index contributed by atoms with van der Waals surface area (Å²) < 4.78 is 36.6. The topological polar surface area (TPSA) is 23.5 Å². The number of aliphatic hydroxyl groups excluding tert-OH is 1. The lowest BCUT2D eigenvalue weighted by atomic mass is 10.1. The fraction of sp³-hybridized carbons (Fsp3) is 0.455. The van der Waals surface area contributed by atoms with Crippen LogP contribution in [0.15, 0.2) is 24.3 Å².